The van der Waals surface area contributed by atoms with Crippen LogP contribution >= 0.6 is 0 Å². The molecule has 1 aliphatic heterocycles. The molecule has 0 saturated heterocycles. The Balaban J connectivity index is 1.98. The fourth-order valence-corrected chi connectivity index (χ4v) is 5.87. The molecule has 2 heterocycles. The highest BCUT2D eigenvalue weighted by molar-refractivity contribution is 7.92. The number of amides is 3. The van der Waals surface area contributed by atoms with E-state index in [0.717, 1.165) is 0 Å². The van der Waals surface area contributed by atoms with Gasteiger partial charge in [0.05, 0.1) is 25.6 Å². The summed E-state index contributed by atoms with van der Waals surface area (Å²) in [6, 6.07) is 4.01. The van der Waals surface area contributed by atoms with Crippen LogP contribution in [0.3, 0.4) is 0 Å². The number of sulfonamides is 1. The van der Waals surface area contributed by atoms with E-state index >= 15 is 0 Å². The third kappa shape index (κ3) is 7.21. The van der Waals surface area contributed by atoms with Crippen molar-refractivity contribution < 1.29 is 32.4 Å². The fraction of sp³-hybridized carbons (Fsp3) is 0.577. The van der Waals surface area contributed by atoms with Crippen molar-refractivity contribution >= 4 is 27.6 Å². The van der Waals surface area contributed by atoms with E-state index in [-0.39, 0.29) is 65.5 Å². The van der Waals surface area contributed by atoms with E-state index in [1.807, 2.05) is 20.8 Å². The Morgan fingerprint density at radius 1 is 1.28 bits per heavy atom. The molecule has 0 unspecified atom stereocenters. The number of aromatic nitrogens is 1. The van der Waals surface area contributed by atoms with Gasteiger partial charge in [-0.3, -0.25) is 9.52 Å². The maximum absolute atomic E-state index is 13.4. The lowest BCUT2D eigenvalue weighted by Crippen LogP contribution is -2.49. The zero-order valence-electron chi connectivity index (χ0n) is 23.5. The number of nitrogens with one attached hydrogen (secondary N) is 2. The van der Waals surface area contributed by atoms with Crippen molar-refractivity contribution in [1.82, 2.24) is 20.3 Å². The second-order valence-electron chi connectivity index (χ2n) is 10.5. The average molecular weight is 566 g/mol. The predicted molar refractivity (Wildman–Crippen MR) is 145 cm³/mol. The third-order valence-electron chi connectivity index (χ3n) is 6.62. The summed E-state index contributed by atoms with van der Waals surface area (Å²) in [6.45, 7) is 10.8. The van der Waals surface area contributed by atoms with Gasteiger partial charge in [0.25, 0.3) is 10.0 Å². The molecular weight excluding hydrogens is 526 g/mol. The lowest BCUT2D eigenvalue weighted by Gasteiger charge is -2.34. The van der Waals surface area contributed by atoms with Crippen molar-refractivity contribution in [2.45, 2.75) is 71.0 Å². The van der Waals surface area contributed by atoms with Crippen LogP contribution in [0, 0.1) is 19.8 Å². The summed E-state index contributed by atoms with van der Waals surface area (Å²) in [5.74, 6) is 0.153. The van der Waals surface area contributed by atoms with Gasteiger partial charge in [-0.05, 0) is 52.8 Å². The number of rotatable bonds is 8. The Hall–Kier alpha value is -3.32. The number of carbonyl (C=O) groups is 2. The lowest BCUT2D eigenvalue weighted by atomic mass is 10.0. The van der Waals surface area contributed by atoms with Crippen LogP contribution in [-0.4, -0.2) is 85.4 Å². The maximum Gasteiger partial charge on any atom is 0.317 e. The molecular formula is C26H39N5O7S. The summed E-state index contributed by atoms with van der Waals surface area (Å²) in [4.78, 5) is 29.1. The fourth-order valence-electron chi connectivity index (χ4n) is 4.49. The highest BCUT2D eigenvalue weighted by Crippen LogP contribution is 2.31. The van der Waals surface area contributed by atoms with E-state index in [2.05, 4.69) is 15.2 Å². The molecule has 13 heteroatoms. The van der Waals surface area contributed by atoms with Gasteiger partial charge in [0.1, 0.15) is 17.5 Å². The molecule has 0 spiro atoms. The standard InChI is InChI=1S/C26H39N5O7S/c1-15(2)27-26(34)30(7)13-23-16(3)12-31(17(4)14-32)24(33)11-20-10-21(8-9-22(20)37-23)29-39(35,36)25-18(5)28-38-19(25)6/h8-10,15-17,23,29,32H,11-14H2,1-7H3,(H,27,34)/t16-,17-,23+/m1/s1. The minimum atomic E-state index is -4.00. The van der Waals surface area contributed by atoms with E-state index < -0.39 is 22.2 Å². The molecule has 1 aromatic heterocycles. The molecule has 0 radical (unpaired) electrons. The summed E-state index contributed by atoms with van der Waals surface area (Å²) in [5.41, 5.74) is 0.948. The summed E-state index contributed by atoms with van der Waals surface area (Å²) in [5, 5.41) is 16.4. The van der Waals surface area contributed by atoms with Gasteiger partial charge in [0.2, 0.25) is 5.91 Å². The van der Waals surface area contributed by atoms with Crippen molar-refractivity contribution in [3.05, 3.63) is 35.2 Å². The van der Waals surface area contributed by atoms with Gasteiger partial charge >= 0.3 is 6.03 Å². The number of aliphatic hydroxyl groups is 1. The third-order valence-corrected chi connectivity index (χ3v) is 8.24. The van der Waals surface area contributed by atoms with E-state index in [4.69, 9.17) is 9.26 Å². The molecule has 0 saturated carbocycles. The van der Waals surface area contributed by atoms with Crippen LogP contribution in [0.15, 0.2) is 27.6 Å². The molecule has 1 aliphatic rings. The zero-order valence-corrected chi connectivity index (χ0v) is 24.3. The van der Waals surface area contributed by atoms with Crippen LogP contribution in [0.1, 0.15) is 44.7 Å². The first-order chi connectivity index (χ1) is 18.2. The Morgan fingerprint density at radius 2 is 1.97 bits per heavy atom. The smallest absolute Gasteiger partial charge is 0.317 e. The SMILES string of the molecule is Cc1noc(C)c1S(=O)(=O)Nc1ccc2c(c1)CC(=O)N([C@H](C)CO)C[C@@H](C)[C@H](CN(C)C(=O)NC(C)C)O2. The minimum Gasteiger partial charge on any atom is -0.488 e. The first-order valence-corrected chi connectivity index (χ1v) is 14.4. The van der Waals surface area contributed by atoms with Gasteiger partial charge in [0, 0.05) is 36.8 Å². The van der Waals surface area contributed by atoms with Crippen LogP contribution in [0.4, 0.5) is 10.5 Å². The topological polar surface area (TPSA) is 154 Å². The Kier molecular flexibility index (Phi) is 9.49. The molecule has 0 bridgehead atoms. The molecule has 216 valence electrons. The first-order valence-electron chi connectivity index (χ1n) is 12.9. The number of hydrogen-bond acceptors (Lipinski definition) is 8. The van der Waals surface area contributed by atoms with Crippen molar-refractivity contribution in [1.29, 1.82) is 0 Å². The van der Waals surface area contributed by atoms with Crippen LogP contribution in [0.2, 0.25) is 0 Å². The number of carbonyl (C=O) groups excluding carboxylic acids is 2. The molecule has 39 heavy (non-hydrogen) atoms. The van der Waals surface area contributed by atoms with E-state index in [1.165, 1.54) is 18.7 Å². The number of urea groups is 1. The van der Waals surface area contributed by atoms with Crippen molar-refractivity contribution in [2.75, 3.05) is 31.5 Å². The van der Waals surface area contributed by atoms with E-state index in [1.54, 1.807) is 37.1 Å². The van der Waals surface area contributed by atoms with Gasteiger partial charge < -0.3 is 29.5 Å². The largest absolute Gasteiger partial charge is 0.488 e. The van der Waals surface area contributed by atoms with Gasteiger partial charge in [-0.25, -0.2) is 13.2 Å². The lowest BCUT2D eigenvalue weighted by molar-refractivity contribution is -0.134. The number of nitrogens with zero attached hydrogens (tertiary/aromatic N) is 3. The van der Waals surface area contributed by atoms with Crippen LogP contribution in [0.25, 0.3) is 0 Å². The van der Waals surface area contributed by atoms with Gasteiger partial charge in [-0.2, -0.15) is 0 Å². The number of likely N-dealkylation sites (N-methyl/N-ethyl adjacent to an activating group) is 1. The Bertz CT molecular complexity index is 1270. The number of ether oxygens (including phenoxy) is 1. The minimum absolute atomic E-state index is 0.0364. The Morgan fingerprint density at radius 3 is 2.56 bits per heavy atom. The van der Waals surface area contributed by atoms with E-state index in [0.29, 0.717) is 17.9 Å². The number of benzene rings is 1. The van der Waals surface area contributed by atoms with Crippen LogP contribution in [0.5, 0.6) is 5.75 Å². The zero-order chi connectivity index (χ0) is 29.1. The molecule has 2 aromatic rings. The van der Waals surface area contributed by atoms with Gasteiger partial charge in [0.15, 0.2) is 10.7 Å². The molecule has 3 amide bonds. The number of hydrogen-bond donors (Lipinski definition) is 3. The van der Waals surface area contributed by atoms with Gasteiger partial charge in [-0.1, -0.05) is 12.1 Å². The van der Waals surface area contributed by atoms with Crippen LogP contribution < -0.4 is 14.8 Å². The molecule has 3 N–H and O–H groups in total. The molecule has 12 nitrogen and oxygen atoms in total. The molecule has 1 aromatic carbocycles. The molecule has 0 aliphatic carbocycles. The highest BCUT2D eigenvalue weighted by atomic mass is 32.2. The monoisotopic (exact) mass is 565 g/mol. The number of aryl methyl sites for hydroxylation is 2. The molecule has 3 rings (SSSR count). The number of fused-ring (bicyclic) bond motifs is 1. The second kappa shape index (κ2) is 12.2. The Labute approximate surface area is 229 Å². The normalized spacial score (nSPS) is 18.9. The first kappa shape index (κ1) is 30.2. The van der Waals surface area contributed by atoms with Gasteiger partial charge in [-0.15, -0.1) is 0 Å². The summed E-state index contributed by atoms with van der Waals surface area (Å²) in [7, 11) is -2.33. The van der Waals surface area contributed by atoms with Crippen molar-refractivity contribution in [3.8, 4) is 5.75 Å². The van der Waals surface area contributed by atoms with Crippen LogP contribution in [-0.2, 0) is 21.2 Å². The molecule has 3 atom stereocenters. The highest BCUT2D eigenvalue weighted by Gasteiger charge is 2.32. The maximum atomic E-state index is 13.4. The molecule has 0 fully saturated rings. The summed E-state index contributed by atoms with van der Waals surface area (Å²) >= 11 is 0. The van der Waals surface area contributed by atoms with Crippen molar-refractivity contribution in [3.63, 3.8) is 0 Å². The van der Waals surface area contributed by atoms with E-state index in [9.17, 15) is 23.1 Å². The quantitative estimate of drug-likeness (QED) is 0.441. The number of aliphatic hydroxyl groups excluding tert-OH is 1. The summed E-state index contributed by atoms with van der Waals surface area (Å²) < 4.78 is 40.1. The second-order valence-corrected chi connectivity index (χ2v) is 12.1. The summed E-state index contributed by atoms with van der Waals surface area (Å²) in [6.07, 6.45) is -0.556. The number of anilines is 1. The van der Waals surface area contributed by atoms with Crippen molar-refractivity contribution in [2.24, 2.45) is 5.92 Å². The predicted octanol–water partition coefficient (Wildman–Crippen LogP) is 2.29. The average Bonchev–Trinajstić information content (AvgIpc) is 3.21.